The molecule has 0 bridgehead atoms. The van der Waals surface area contributed by atoms with Gasteiger partial charge in [-0.15, -0.1) is 0 Å². The topological polar surface area (TPSA) is 86.8 Å². The van der Waals surface area contributed by atoms with E-state index in [2.05, 4.69) is 37.2 Å². The van der Waals surface area contributed by atoms with E-state index in [9.17, 15) is 18.0 Å². The first-order valence-electron chi connectivity index (χ1n) is 12.2. The molecule has 0 heterocycles. The van der Waals surface area contributed by atoms with Crippen LogP contribution in [-0.2, 0) is 26.2 Å². The lowest BCUT2D eigenvalue weighted by Gasteiger charge is -2.32. The lowest BCUT2D eigenvalue weighted by atomic mass is 10.1. The van der Waals surface area contributed by atoms with Crippen LogP contribution in [0.2, 0.25) is 0 Å². The Morgan fingerprint density at radius 1 is 0.895 bits per heavy atom. The fraction of sp³-hybridized carbons (Fsp3) is 0.286. The maximum atomic E-state index is 13.9. The quantitative estimate of drug-likeness (QED) is 0.283. The molecule has 202 valence electrons. The summed E-state index contributed by atoms with van der Waals surface area (Å²) in [4.78, 5) is 28.4. The minimum Gasteiger partial charge on any atom is -0.352 e. The molecule has 0 saturated carbocycles. The van der Waals surface area contributed by atoms with Gasteiger partial charge in [-0.3, -0.25) is 13.9 Å². The van der Waals surface area contributed by atoms with Crippen molar-refractivity contribution in [3.8, 4) is 0 Å². The average Bonchev–Trinajstić information content (AvgIpc) is 2.91. The van der Waals surface area contributed by atoms with Crippen LogP contribution in [0.15, 0.2) is 92.7 Å². The lowest BCUT2D eigenvalue weighted by molar-refractivity contribution is -0.139. The second-order valence-electron chi connectivity index (χ2n) is 8.95. The van der Waals surface area contributed by atoms with Crippen molar-refractivity contribution in [1.82, 2.24) is 10.2 Å². The predicted octanol–water partition coefficient (Wildman–Crippen LogP) is 5.74. The fourth-order valence-corrected chi connectivity index (χ4v) is 5.79. The SMILES string of the molecule is CC[C@H](C)NC(=O)[C@H](C)N(Cc1ccc(Br)cc1)C(=O)CN(c1cccc(Br)c1)S(=O)(=O)c1ccccc1. The van der Waals surface area contributed by atoms with Crippen LogP contribution >= 0.6 is 31.9 Å². The molecular formula is C28H31Br2N3O4S. The summed E-state index contributed by atoms with van der Waals surface area (Å²) in [7, 11) is -4.09. The van der Waals surface area contributed by atoms with Crippen molar-refractivity contribution in [2.45, 2.75) is 50.7 Å². The Morgan fingerprint density at radius 3 is 2.16 bits per heavy atom. The first kappa shape index (κ1) is 29.9. The number of halogens is 2. The first-order valence-corrected chi connectivity index (χ1v) is 15.2. The number of carbonyl (C=O) groups is 2. The number of rotatable bonds is 11. The summed E-state index contributed by atoms with van der Waals surface area (Å²) in [5, 5.41) is 2.93. The van der Waals surface area contributed by atoms with Gasteiger partial charge in [-0.25, -0.2) is 8.42 Å². The minimum atomic E-state index is -4.09. The molecule has 1 N–H and O–H groups in total. The van der Waals surface area contributed by atoms with E-state index in [0.29, 0.717) is 10.2 Å². The van der Waals surface area contributed by atoms with Gasteiger partial charge in [0.25, 0.3) is 10.0 Å². The molecule has 2 amide bonds. The zero-order chi connectivity index (χ0) is 27.9. The van der Waals surface area contributed by atoms with Crippen LogP contribution in [0.5, 0.6) is 0 Å². The highest BCUT2D eigenvalue weighted by molar-refractivity contribution is 9.10. The second-order valence-corrected chi connectivity index (χ2v) is 12.6. The third-order valence-electron chi connectivity index (χ3n) is 6.14. The number of amides is 2. The van der Waals surface area contributed by atoms with E-state index in [1.165, 1.54) is 17.0 Å². The Balaban J connectivity index is 2.01. The second kappa shape index (κ2) is 13.4. The number of carbonyl (C=O) groups excluding carboxylic acids is 2. The molecule has 3 rings (SSSR count). The van der Waals surface area contributed by atoms with Crippen molar-refractivity contribution in [1.29, 1.82) is 0 Å². The molecule has 7 nitrogen and oxygen atoms in total. The van der Waals surface area contributed by atoms with Crippen LogP contribution < -0.4 is 9.62 Å². The van der Waals surface area contributed by atoms with E-state index in [-0.39, 0.29) is 23.4 Å². The number of hydrogen-bond acceptors (Lipinski definition) is 4. The van der Waals surface area contributed by atoms with Gasteiger partial charge >= 0.3 is 0 Å². The summed E-state index contributed by atoms with van der Waals surface area (Å²) in [5.41, 5.74) is 1.14. The van der Waals surface area contributed by atoms with Crippen LogP contribution in [0.4, 0.5) is 5.69 Å². The summed E-state index contributed by atoms with van der Waals surface area (Å²) in [6, 6.07) is 21.3. The summed E-state index contributed by atoms with van der Waals surface area (Å²) >= 11 is 6.81. The summed E-state index contributed by atoms with van der Waals surface area (Å²) in [6.07, 6.45) is 0.741. The van der Waals surface area contributed by atoms with Gasteiger partial charge < -0.3 is 10.2 Å². The van der Waals surface area contributed by atoms with Gasteiger partial charge in [0.05, 0.1) is 10.6 Å². The molecule has 2 atom stereocenters. The number of anilines is 1. The van der Waals surface area contributed by atoms with Gasteiger partial charge in [0.15, 0.2) is 0 Å². The number of benzene rings is 3. The normalized spacial score (nSPS) is 12.9. The van der Waals surface area contributed by atoms with E-state index < -0.39 is 28.5 Å². The van der Waals surface area contributed by atoms with Crippen LogP contribution in [0.1, 0.15) is 32.8 Å². The minimum absolute atomic E-state index is 0.0637. The summed E-state index contributed by atoms with van der Waals surface area (Å²) in [6.45, 7) is 5.17. The van der Waals surface area contributed by atoms with E-state index in [4.69, 9.17) is 0 Å². The molecular weight excluding hydrogens is 634 g/mol. The molecule has 0 aromatic heterocycles. The number of sulfonamides is 1. The molecule has 0 aliphatic rings. The van der Waals surface area contributed by atoms with Crippen molar-refractivity contribution in [2.24, 2.45) is 0 Å². The largest absolute Gasteiger partial charge is 0.352 e. The van der Waals surface area contributed by atoms with Crippen LogP contribution in [-0.4, -0.2) is 43.8 Å². The van der Waals surface area contributed by atoms with Crippen LogP contribution in [0.25, 0.3) is 0 Å². The smallest absolute Gasteiger partial charge is 0.264 e. The Hall–Kier alpha value is -2.69. The zero-order valence-corrected chi connectivity index (χ0v) is 25.5. The van der Waals surface area contributed by atoms with Crippen molar-refractivity contribution < 1.29 is 18.0 Å². The number of nitrogens with zero attached hydrogens (tertiary/aromatic N) is 2. The molecule has 0 spiro atoms. The van der Waals surface area contributed by atoms with E-state index in [0.717, 1.165) is 20.8 Å². The van der Waals surface area contributed by atoms with Crippen molar-refractivity contribution in [2.75, 3.05) is 10.8 Å². The average molecular weight is 665 g/mol. The molecule has 3 aromatic rings. The van der Waals surface area contributed by atoms with Gasteiger partial charge in [0.1, 0.15) is 12.6 Å². The molecule has 0 aliphatic carbocycles. The van der Waals surface area contributed by atoms with E-state index >= 15 is 0 Å². The molecule has 0 unspecified atom stereocenters. The lowest BCUT2D eigenvalue weighted by Crippen LogP contribution is -2.52. The number of nitrogens with one attached hydrogen (secondary N) is 1. The van der Waals surface area contributed by atoms with Gasteiger partial charge in [0, 0.05) is 21.5 Å². The van der Waals surface area contributed by atoms with Crippen molar-refractivity contribution >= 4 is 59.4 Å². The van der Waals surface area contributed by atoms with Crippen LogP contribution in [0, 0.1) is 0 Å². The Kier molecular flexibility index (Phi) is 10.5. The van der Waals surface area contributed by atoms with Gasteiger partial charge in [-0.1, -0.05) is 75.2 Å². The molecule has 0 saturated heterocycles. The molecule has 38 heavy (non-hydrogen) atoms. The molecule has 0 fully saturated rings. The van der Waals surface area contributed by atoms with Gasteiger partial charge in [0.2, 0.25) is 11.8 Å². The van der Waals surface area contributed by atoms with Gasteiger partial charge in [-0.05, 0) is 68.3 Å². The molecule has 0 radical (unpaired) electrons. The number of hydrogen-bond donors (Lipinski definition) is 1. The Morgan fingerprint density at radius 2 is 1.55 bits per heavy atom. The van der Waals surface area contributed by atoms with E-state index in [1.807, 2.05) is 38.1 Å². The fourth-order valence-electron chi connectivity index (χ4n) is 3.71. The summed E-state index contributed by atoms with van der Waals surface area (Å²) < 4.78 is 30.1. The maximum absolute atomic E-state index is 13.9. The highest BCUT2D eigenvalue weighted by Crippen LogP contribution is 2.27. The summed E-state index contributed by atoms with van der Waals surface area (Å²) in [5.74, 6) is -0.802. The Labute approximate surface area is 241 Å². The molecule has 3 aromatic carbocycles. The Bertz CT molecular complexity index is 1350. The predicted molar refractivity (Wildman–Crippen MR) is 157 cm³/mol. The van der Waals surface area contributed by atoms with Gasteiger partial charge in [-0.2, -0.15) is 0 Å². The van der Waals surface area contributed by atoms with Crippen molar-refractivity contribution in [3.05, 3.63) is 93.4 Å². The van der Waals surface area contributed by atoms with E-state index in [1.54, 1.807) is 49.4 Å². The third-order valence-corrected chi connectivity index (χ3v) is 8.95. The highest BCUT2D eigenvalue weighted by atomic mass is 79.9. The van der Waals surface area contributed by atoms with Crippen molar-refractivity contribution in [3.63, 3.8) is 0 Å². The molecule has 0 aliphatic heterocycles. The van der Waals surface area contributed by atoms with Crippen LogP contribution in [0.3, 0.4) is 0 Å². The molecule has 10 heteroatoms. The standard InChI is InChI=1S/C28H31Br2N3O4S/c1-4-20(2)31-28(35)21(3)32(18-22-13-15-23(29)16-14-22)27(34)19-33(25-10-8-9-24(30)17-25)38(36,37)26-11-6-5-7-12-26/h5-17,20-21H,4,18-19H2,1-3H3,(H,31,35)/t20-,21-/m0/s1. The highest BCUT2D eigenvalue weighted by Gasteiger charge is 2.32. The monoisotopic (exact) mass is 663 g/mol. The maximum Gasteiger partial charge on any atom is 0.264 e. The first-order chi connectivity index (χ1) is 18.0. The zero-order valence-electron chi connectivity index (χ0n) is 21.5. The third kappa shape index (κ3) is 7.68.